The third kappa shape index (κ3) is 4.11. The van der Waals surface area contributed by atoms with Crippen LogP contribution in [0.5, 0.6) is 0 Å². The predicted octanol–water partition coefficient (Wildman–Crippen LogP) is 3.57. The van der Waals surface area contributed by atoms with Crippen molar-refractivity contribution in [1.82, 2.24) is 4.90 Å². The lowest BCUT2D eigenvalue weighted by atomic mass is 10.00. The van der Waals surface area contributed by atoms with Crippen LogP contribution >= 0.6 is 0 Å². The van der Waals surface area contributed by atoms with Crippen molar-refractivity contribution in [3.8, 4) is 0 Å². The second-order valence-corrected chi connectivity index (χ2v) is 5.53. The number of aliphatic hydroxyl groups excluding tert-OH is 1. The molecule has 2 heteroatoms. The lowest BCUT2D eigenvalue weighted by molar-refractivity contribution is 0.107. The Morgan fingerprint density at radius 1 is 1.06 bits per heavy atom. The van der Waals surface area contributed by atoms with Crippen LogP contribution in [-0.2, 0) is 0 Å². The molecule has 0 radical (unpaired) electrons. The van der Waals surface area contributed by atoms with Crippen LogP contribution in [0.25, 0.3) is 0 Å². The fourth-order valence-corrected chi connectivity index (χ4v) is 1.97. The Kier molecular flexibility index (Phi) is 5.83. The molecule has 2 atom stereocenters. The first-order chi connectivity index (χ1) is 8.45. The zero-order valence-corrected chi connectivity index (χ0v) is 12.4. The smallest absolute Gasteiger partial charge is 0.0916 e. The lowest BCUT2D eigenvalue weighted by Gasteiger charge is -2.26. The van der Waals surface area contributed by atoms with Crippen molar-refractivity contribution >= 4 is 0 Å². The van der Waals surface area contributed by atoms with Gasteiger partial charge in [0.05, 0.1) is 6.10 Å². The summed E-state index contributed by atoms with van der Waals surface area (Å²) in [6.07, 6.45) is 0.709. The molecule has 0 spiro atoms. The van der Waals surface area contributed by atoms with Crippen LogP contribution in [0.4, 0.5) is 0 Å². The van der Waals surface area contributed by atoms with E-state index < -0.39 is 6.10 Å². The Morgan fingerprint density at radius 2 is 1.56 bits per heavy atom. The van der Waals surface area contributed by atoms with E-state index in [9.17, 15) is 5.11 Å². The van der Waals surface area contributed by atoms with Crippen LogP contribution in [0.3, 0.4) is 0 Å². The molecule has 0 saturated carbocycles. The van der Waals surface area contributed by atoms with Gasteiger partial charge in [0.25, 0.3) is 0 Å². The van der Waals surface area contributed by atoms with E-state index in [1.807, 2.05) is 12.1 Å². The van der Waals surface area contributed by atoms with E-state index in [4.69, 9.17) is 0 Å². The average molecular weight is 249 g/mol. The predicted molar refractivity (Wildman–Crippen MR) is 77.9 cm³/mol. The Hall–Kier alpha value is -0.860. The van der Waals surface area contributed by atoms with Crippen LogP contribution in [0.2, 0.25) is 0 Å². The third-order valence-electron chi connectivity index (χ3n) is 3.79. The van der Waals surface area contributed by atoms with Crippen molar-refractivity contribution in [2.24, 2.45) is 0 Å². The molecule has 0 aliphatic heterocycles. The summed E-state index contributed by atoms with van der Waals surface area (Å²) in [7, 11) is 2.07. The normalized spacial score (nSPS) is 15.1. The van der Waals surface area contributed by atoms with E-state index in [1.54, 1.807) is 0 Å². The molecular weight excluding hydrogens is 222 g/mol. The first-order valence-electron chi connectivity index (χ1n) is 6.93. The molecule has 1 aromatic carbocycles. The molecule has 0 saturated heterocycles. The quantitative estimate of drug-likeness (QED) is 0.833. The fourth-order valence-electron chi connectivity index (χ4n) is 1.97. The van der Waals surface area contributed by atoms with Crippen molar-refractivity contribution in [2.75, 3.05) is 13.6 Å². The standard InChI is InChI=1S/C16H27NO/c1-6-13(4)17(5)11-16(18)15-9-7-14(8-10-15)12(2)3/h7-10,12-13,16,18H,6,11H2,1-5H3. The summed E-state index contributed by atoms with van der Waals surface area (Å²) < 4.78 is 0. The maximum absolute atomic E-state index is 10.2. The topological polar surface area (TPSA) is 23.5 Å². The van der Waals surface area contributed by atoms with Crippen LogP contribution < -0.4 is 0 Å². The van der Waals surface area contributed by atoms with Gasteiger partial charge in [0.1, 0.15) is 0 Å². The highest BCUT2D eigenvalue weighted by Crippen LogP contribution is 2.19. The second kappa shape index (κ2) is 6.91. The molecule has 2 nitrogen and oxygen atoms in total. The van der Waals surface area contributed by atoms with E-state index >= 15 is 0 Å². The Bertz CT molecular complexity index is 345. The van der Waals surface area contributed by atoms with Crippen LogP contribution in [0.15, 0.2) is 24.3 Å². The summed E-state index contributed by atoms with van der Waals surface area (Å²) in [5.74, 6) is 0.541. The van der Waals surface area contributed by atoms with Gasteiger partial charge >= 0.3 is 0 Å². The Morgan fingerprint density at radius 3 is 2.00 bits per heavy atom. The lowest BCUT2D eigenvalue weighted by Crippen LogP contribution is -2.32. The first-order valence-corrected chi connectivity index (χ1v) is 6.93. The minimum absolute atomic E-state index is 0.398. The highest BCUT2D eigenvalue weighted by molar-refractivity contribution is 5.26. The summed E-state index contributed by atoms with van der Waals surface area (Å²) in [4.78, 5) is 2.21. The molecule has 0 aliphatic carbocycles. The zero-order valence-electron chi connectivity index (χ0n) is 12.4. The molecule has 1 rings (SSSR count). The van der Waals surface area contributed by atoms with E-state index in [1.165, 1.54) is 5.56 Å². The van der Waals surface area contributed by atoms with Gasteiger partial charge in [-0.3, -0.25) is 0 Å². The SMILES string of the molecule is CCC(C)N(C)CC(O)c1ccc(C(C)C)cc1. The highest BCUT2D eigenvalue weighted by Gasteiger charge is 2.14. The number of rotatable bonds is 6. The fraction of sp³-hybridized carbons (Fsp3) is 0.625. The van der Waals surface area contributed by atoms with E-state index in [0.717, 1.165) is 12.0 Å². The number of aliphatic hydroxyl groups is 1. The molecule has 0 aromatic heterocycles. The Balaban J connectivity index is 2.64. The number of nitrogens with zero attached hydrogens (tertiary/aromatic N) is 1. The van der Waals surface area contributed by atoms with Crippen molar-refractivity contribution in [3.63, 3.8) is 0 Å². The third-order valence-corrected chi connectivity index (χ3v) is 3.79. The van der Waals surface area contributed by atoms with Crippen LogP contribution in [-0.4, -0.2) is 29.6 Å². The van der Waals surface area contributed by atoms with Gasteiger partial charge in [0.2, 0.25) is 0 Å². The van der Waals surface area contributed by atoms with Gasteiger partial charge in [-0.05, 0) is 37.4 Å². The average Bonchev–Trinajstić information content (AvgIpc) is 2.37. The summed E-state index contributed by atoms with van der Waals surface area (Å²) in [6, 6.07) is 8.84. The monoisotopic (exact) mass is 249 g/mol. The number of hydrogen-bond donors (Lipinski definition) is 1. The molecule has 0 amide bonds. The summed E-state index contributed by atoms with van der Waals surface area (Å²) in [5, 5.41) is 10.2. The summed E-state index contributed by atoms with van der Waals surface area (Å²) in [5.41, 5.74) is 2.33. The van der Waals surface area contributed by atoms with Gasteiger partial charge in [-0.1, -0.05) is 45.0 Å². The van der Waals surface area contributed by atoms with Gasteiger partial charge in [0, 0.05) is 12.6 Å². The largest absolute Gasteiger partial charge is 0.387 e. The van der Waals surface area contributed by atoms with E-state index in [0.29, 0.717) is 18.5 Å². The molecular formula is C16H27NO. The second-order valence-electron chi connectivity index (χ2n) is 5.53. The summed E-state index contributed by atoms with van der Waals surface area (Å²) in [6.45, 7) is 9.42. The van der Waals surface area contributed by atoms with E-state index in [-0.39, 0.29) is 0 Å². The summed E-state index contributed by atoms with van der Waals surface area (Å²) >= 11 is 0. The Labute approximate surface area is 112 Å². The van der Waals surface area contributed by atoms with Crippen molar-refractivity contribution in [2.45, 2.75) is 52.2 Å². The molecule has 2 unspecified atom stereocenters. The van der Waals surface area contributed by atoms with Gasteiger partial charge in [0.15, 0.2) is 0 Å². The molecule has 18 heavy (non-hydrogen) atoms. The van der Waals surface area contributed by atoms with Crippen LogP contribution in [0, 0.1) is 0 Å². The molecule has 0 heterocycles. The zero-order chi connectivity index (χ0) is 13.7. The van der Waals surface area contributed by atoms with Gasteiger partial charge in [-0.15, -0.1) is 0 Å². The van der Waals surface area contributed by atoms with E-state index in [2.05, 4.69) is 51.8 Å². The number of benzene rings is 1. The highest BCUT2D eigenvalue weighted by atomic mass is 16.3. The molecule has 1 aromatic rings. The van der Waals surface area contributed by atoms with Crippen molar-refractivity contribution in [3.05, 3.63) is 35.4 Å². The molecule has 0 aliphatic rings. The van der Waals surface area contributed by atoms with Crippen molar-refractivity contribution < 1.29 is 5.11 Å². The van der Waals surface area contributed by atoms with Crippen molar-refractivity contribution in [1.29, 1.82) is 0 Å². The first kappa shape index (κ1) is 15.2. The maximum atomic E-state index is 10.2. The van der Waals surface area contributed by atoms with Crippen LogP contribution in [0.1, 0.15) is 57.3 Å². The van der Waals surface area contributed by atoms with Gasteiger partial charge in [-0.2, -0.15) is 0 Å². The number of likely N-dealkylation sites (N-methyl/N-ethyl adjacent to an activating group) is 1. The molecule has 1 N–H and O–H groups in total. The molecule has 0 bridgehead atoms. The minimum Gasteiger partial charge on any atom is -0.387 e. The maximum Gasteiger partial charge on any atom is 0.0916 e. The van der Waals surface area contributed by atoms with Gasteiger partial charge < -0.3 is 10.0 Å². The van der Waals surface area contributed by atoms with Gasteiger partial charge in [-0.25, -0.2) is 0 Å². The minimum atomic E-state index is -0.398. The molecule has 102 valence electrons. The number of hydrogen-bond acceptors (Lipinski definition) is 2. The molecule has 0 fully saturated rings.